The number of morpholine rings is 1. The summed E-state index contributed by atoms with van der Waals surface area (Å²) in [7, 11) is 1.56. The fraction of sp³-hybridized carbons (Fsp3) is 0.462. The highest BCUT2D eigenvalue weighted by atomic mass is 16.5. The van der Waals surface area contributed by atoms with E-state index in [9.17, 15) is 9.90 Å². The number of carboxylic acid groups (broad SMARTS) is 1. The second-order valence-electron chi connectivity index (χ2n) is 4.43. The molecule has 0 amide bonds. The first-order chi connectivity index (χ1) is 9.10. The fourth-order valence-corrected chi connectivity index (χ4v) is 2.05. The maximum atomic E-state index is 10.9. The highest BCUT2D eigenvalue weighted by molar-refractivity contribution is 5.72. The van der Waals surface area contributed by atoms with Gasteiger partial charge in [-0.1, -0.05) is 0 Å². The highest BCUT2D eigenvalue weighted by Crippen LogP contribution is 2.24. The number of aromatic hydroxyl groups is 1. The SMILES string of the molecule is COc1ccc(O)c(CN2CCOC(C(=O)O)C2)c1. The van der Waals surface area contributed by atoms with E-state index >= 15 is 0 Å². The number of rotatable bonds is 4. The molecule has 104 valence electrons. The van der Waals surface area contributed by atoms with Crippen molar-refractivity contribution in [2.24, 2.45) is 0 Å². The van der Waals surface area contributed by atoms with Gasteiger partial charge >= 0.3 is 5.97 Å². The number of carbonyl (C=O) groups is 1. The number of aliphatic carboxylic acids is 1. The quantitative estimate of drug-likeness (QED) is 0.835. The topological polar surface area (TPSA) is 79.2 Å². The number of benzene rings is 1. The van der Waals surface area contributed by atoms with Crippen molar-refractivity contribution in [3.05, 3.63) is 23.8 Å². The average molecular weight is 267 g/mol. The maximum absolute atomic E-state index is 10.9. The molecule has 1 atom stereocenters. The molecule has 1 unspecified atom stereocenters. The Labute approximate surface area is 111 Å². The zero-order chi connectivity index (χ0) is 13.8. The summed E-state index contributed by atoms with van der Waals surface area (Å²) in [5, 5.41) is 18.7. The minimum Gasteiger partial charge on any atom is -0.508 e. The van der Waals surface area contributed by atoms with Crippen molar-refractivity contribution in [1.82, 2.24) is 4.90 Å². The molecule has 1 saturated heterocycles. The summed E-state index contributed by atoms with van der Waals surface area (Å²) in [5.74, 6) is -0.116. The van der Waals surface area contributed by atoms with Crippen molar-refractivity contribution < 1.29 is 24.5 Å². The first kappa shape index (κ1) is 13.6. The van der Waals surface area contributed by atoms with Crippen molar-refractivity contribution >= 4 is 5.97 Å². The molecule has 19 heavy (non-hydrogen) atoms. The summed E-state index contributed by atoms with van der Waals surface area (Å²) >= 11 is 0. The zero-order valence-corrected chi connectivity index (χ0v) is 10.7. The van der Waals surface area contributed by atoms with Gasteiger partial charge in [0.2, 0.25) is 0 Å². The molecular weight excluding hydrogens is 250 g/mol. The lowest BCUT2D eigenvalue weighted by atomic mass is 10.1. The van der Waals surface area contributed by atoms with Gasteiger partial charge in [0.25, 0.3) is 0 Å². The third kappa shape index (κ3) is 3.36. The van der Waals surface area contributed by atoms with E-state index < -0.39 is 12.1 Å². The number of hydrogen-bond acceptors (Lipinski definition) is 5. The van der Waals surface area contributed by atoms with Crippen LogP contribution < -0.4 is 4.74 Å². The number of carboxylic acids is 1. The van der Waals surface area contributed by atoms with E-state index in [1.165, 1.54) is 0 Å². The molecule has 6 nitrogen and oxygen atoms in total. The molecule has 1 aromatic carbocycles. The van der Waals surface area contributed by atoms with Crippen LogP contribution in [0.4, 0.5) is 0 Å². The van der Waals surface area contributed by atoms with E-state index in [-0.39, 0.29) is 5.75 Å². The lowest BCUT2D eigenvalue weighted by Crippen LogP contribution is -2.45. The Hall–Kier alpha value is -1.79. The first-order valence-electron chi connectivity index (χ1n) is 6.03. The van der Waals surface area contributed by atoms with E-state index in [2.05, 4.69) is 0 Å². The standard InChI is InChI=1S/C13H17NO5/c1-18-10-2-3-11(15)9(6-10)7-14-4-5-19-12(8-14)13(16)17/h2-3,6,12,15H,4-5,7-8H2,1H3,(H,16,17). The minimum absolute atomic E-state index is 0.180. The van der Waals surface area contributed by atoms with Crippen molar-refractivity contribution in [3.8, 4) is 11.5 Å². The van der Waals surface area contributed by atoms with Gasteiger partial charge in [-0.05, 0) is 18.2 Å². The number of hydrogen-bond donors (Lipinski definition) is 2. The second kappa shape index (κ2) is 5.90. The fourth-order valence-electron chi connectivity index (χ4n) is 2.05. The second-order valence-corrected chi connectivity index (χ2v) is 4.43. The number of methoxy groups -OCH3 is 1. The van der Waals surface area contributed by atoms with Crippen LogP contribution in [0.25, 0.3) is 0 Å². The molecule has 2 N–H and O–H groups in total. The van der Waals surface area contributed by atoms with E-state index in [1.54, 1.807) is 25.3 Å². The molecule has 0 bridgehead atoms. The van der Waals surface area contributed by atoms with Gasteiger partial charge in [-0.3, -0.25) is 4.90 Å². The van der Waals surface area contributed by atoms with Gasteiger partial charge in [0.05, 0.1) is 13.7 Å². The van der Waals surface area contributed by atoms with Crippen molar-refractivity contribution in [3.63, 3.8) is 0 Å². The molecule has 1 aliphatic rings. The first-order valence-corrected chi connectivity index (χ1v) is 6.03. The summed E-state index contributed by atoms with van der Waals surface area (Å²) in [6.45, 7) is 1.80. The van der Waals surface area contributed by atoms with Gasteiger partial charge in [-0.2, -0.15) is 0 Å². The molecule has 0 radical (unpaired) electrons. The Morgan fingerprint density at radius 1 is 1.58 bits per heavy atom. The number of nitrogens with zero attached hydrogens (tertiary/aromatic N) is 1. The predicted octanol–water partition coefficient (Wildman–Crippen LogP) is 0.686. The van der Waals surface area contributed by atoms with Gasteiger partial charge in [-0.15, -0.1) is 0 Å². The number of phenols is 1. The van der Waals surface area contributed by atoms with E-state index in [0.717, 1.165) is 0 Å². The molecule has 0 spiro atoms. The summed E-state index contributed by atoms with van der Waals surface area (Å²) in [6, 6.07) is 5.00. The summed E-state index contributed by atoms with van der Waals surface area (Å²) < 4.78 is 10.3. The number of phenolic OH excluding ortho intramolecular Hbond substituents is 1. The molecule has 1 aromatic rings. The Balaban J connectivity index is 2.06. The van der Waals surface area contributed by atoms with Crippen molar-refractivity contribution in [1.29, 1.82) is 0 Å². The molecule has 0 aromatic heterocycles. The van der Waals surface area contributed by atoms with Crippen LogP contribution in [0.5, 0.6) is 11.5 Å². The van der Waals surface area contributed by atoms with Crippen LogP contribution in [0, 0.1) is 0 Å². The Morgan fingerprint density at radius 2 is 2.37 bits per heavy atom. The van der Waals surface area contributed by atoms with Gasteiger partial charge in [-0.25, -0.2) is 4.79 Å². The molecule has 1 heterocycles. The molecule has 1 fully saturated rings. The smallest absolute Gasteiger partial charge is 0.334 e. The molecule has 2 rings (SSSR count). The van der Waals surface area contributed by atoms with Gasteiger partial charge in [0.15, 0.2) is 6.10 Å². The van der Waals surface area contributed by atoms with Crippen molar-refractivity contribution in [2.45, 2.75) is 12.6 Å². The van der Waals surface area contributed by atoms with Crippen LogP contribution >= 0.6 is 0 Å². The Kier molecular flexibility index (Phi) is 4.24. The molecule has 6 heteroatoms. The lowest BCUT2D eigenvalue weighted by Gasteiger charge is -2.30. The zero-order valence-electron chi connectivity index (χ0n) is 10.7. The van der Waals surface area contributed by atoms with E-state index in [1.807, 2.05) is 4.90 Å². The summed E-state index contributed by atoms with van der Waals surface area (Å²) in [6.07, 6.45) is -0.804. The Bertz CT molecular complexity index is 462. The normalized spacial score (nSPS) is 20.2. The van der Waals surface area contributed by atoms with Crippen LogP contribution in [0.15, 0.2) is 18.2 Å². The number of ether oxygens (including phenoxy) is 2. The third-order valence-electron chi connectivity index (χ3n) is 3.11. The van der Waals surface area contributed by atoms with Crippen LogP contribution in [-0.4, -0.2) is 54.0 Å². The van der Waals surface area contributed by atoms with Gasteiger partial charge in [0.1, 0.15) is 11.5 Å². The predicted molar refractivity (Wildman–Crippen MR) is 67.3 cm³/mol. The van der Waals surface area contributed by atoms with E-state index in [0.29, 0.717) is 37.6 Å². The molecule has 0 aliphatic carbocycles. The molecule has 1 aliphatic heterocycles. The van der Waals surface area contributed by atoms with Gasteiger partial charge in [0, 0.05) is 25.2 Å². The molecule has 0 saturated carbocycles. The highest BCUT2D eigenvalue weighted by Gasteiger charge is 2.26. The van der Waals surface area contributed by atoms with Crippen LogP contribution in [0.2, 0.25) is 0 Å². The summed E-state index contributed by atoms with van der Waals surface area (Å²) in [5.41, 5.74) is 0.713. The minimum atomic E-state index is -0.959. The largest absolute Gasteiger partial charge is 0.508 e. The summed E-state index contributed by atoms with van der Waals surface area (Å²) in [4.78, 5) is 12.8. The average Bonchev–Trinajstić information content (AvgIpc) is 2.41. The maximum Gasteiger partial charge on any atom is 0.334 e. The lowest BCUT2D eigenvalue weighted by molar-refractivity contribution is -0.156. The molecular formula is C13H17NO5. The van der Waals surface area contributed by atoms with Gasteiger partial charge < -0.3 is 19.7 Å². The Morgan fingerprint density at radius 3 is 3.05 bits per heavy atom. The van der Waals surface area contributed by atoms with Crippen LogP contribution in [0.3, 0.4) is 0 Å². The van der Waals surface area contributed by atoms with Crippen molar-refractivity contribution in [2.75, 3.05) is 26.8 Å². The monoisotopic (exact) mass is 267 g/mol. The third-order valence-corrected chi connectivity index (χ3v) is 3.11. The van der Waals surface area contributed by atoms with Crippen LogP contribution in [-0.2, 0) is 16.1 Å². The van der Waals surface area contributed by atoms with Crippen LogP contribution in [0.1, 0.15) is 5.56 Å². The van der Waals surface area contributed by atoms with E-state index in [4.69, 9.17) is 14.6 Å².